The first-order valence-electron chi connectivity index (χ1n) is 6.38. The van der Waals surface area contributed by atoms with Crippen molar-refractivity contribution in [3.8, 4) is 5.75 Å². The average molecular weight is 248 g/mol. The standard InChI is InChI=1S/C15H20O3/c1-5-18-13-7-6-12(8-10(13)2)15(9-11(15)3)14(16)17-4/h6-8,11H,5,9H2,1-4H3. The molecule has 0 amide bonds. The quantitative estimate of drug-likeness (QED) is 0.769. The van der Waals surface area contributed by atoms with Gasteiger partial charge in [-0.1, -0.05) is 19.1 Å². The molecule has 0 saturated heterocycles. The van der Waals surface area contributed by atoms with Gasteiger partial charge in [0.15, 0.2) is 0 Å². The topological polar surface area (TPSA) is 35.5 Å². The fourth-order valence-electron chi connectivity index (χ4n) is 2.66. The summed E-state index contributed by atoms with van der Waals surface area (Å²) in [6.45, 7) is 6.71. The summed E-state index contributed by atoms with van der Waals surface area (Å²) < 4.78 is 10.5. The van der Waals surface area contributed by atoms with E-state index in [1.807, 2.05) is 32.0 Å². The predicted molar refractivity (Wildman–Crippen MR) is 69.8 cm³/mol. The summed E-state index contributed by atoms with van der Waals surface area (Å²) in [5.74, 6) is 1.11. The van der Waals surface area contributed by atoms with E-state index in [0.29, 0.717) is 12.5 Å². The number of aryl methyl sites for hydroxylation is 1. The number of rotatable bonds is 4. The number of benzene rings is 1. The smallest absolute Gasteiger partial charge is 0.316 e. The van der Waals surface area contributed by atoms with Crippen molar-refractivity contribution in [2.45, 2.75) is 32.6 Å². The molecule has 2 rings (SSSR count). The zero-order valence-electron chi connectivity index (χ0n) is 11.4. The maximum atomic E-state index is 12.0. The highest BCUT2D eigenvalue weighted by Crippen LogP contribution is 2.55. The van der Waals surface area contributed by atoms with E-state index in [1.165, 1.54) is 7.11 Å². The van der Waals surface area contributed by atoms with Crippen LogP contribution in [0.3, 0.4) is 0 Å². The Hall–Kier alpha value is -1.51. The lowest BCUT2D eigenvalue weighted by atomic mass is 9.92. The zero-order valence-corrected chi connectivity index (χ0v) is 11.4. The Balaban J connectivity index is 2.34. The summed E-state index contributed by atoms with van der Waals surface area (Å²) in [6.07, 6.45) is 0.868. The van der Waals surface area contributed by atoms with E-state index < -0.39 is 5.41 Å². The molecule has 2 atom stereocenters. The molecule has 0 heterocycles. The molecular weight excluding hydrogens is 228 g/mol. The molecule has 3 nitrogen and oxygen atoms in total. The second-order valence-corrected chi connectivity index (χ2v) is 4.98. The van der Waals surface area contributed by atoms with Crippen molar-refractivity contribution >= 4 is 5.97 Å². The van der Waals surface area contributed by atoms with Crippen molar-refractivity contribution in [3.63, 3.8) is 0 Å². The van der Waals surface area contributed by atoms with Crippen LogP contribution in [0.1, 0.15) is 31.4 Å². The third-order valence-electron chi connectivity index (χ3n) is 3.85. The van der Waals surface area contributed by atoms with Gasteiger partial charge in [0, 0.05) is 0 Å². The predicted octanol–water partition coefficient (Wildman–Crippen LogP) is 2.84. The largest absolute Gasteiger partial charge is 0.494 e. The van der Waals surface area contributed by atoms with Crippen molar-refractivity contribution in [2.24, 2.45) is 5.92 Å². The van der Waals surface area contributed by atoms with Gasteiger partial charge >= 0.3 is 5.97 Å². The Kier molecular flexibility index (Phi) is 3.33. The van der Waals surface area contributed by atoms with Crippen LogP contribution in [0, 0.1) is 12.8 Å². The maximum absolute atomic E-state index is 12.0. The van der Waals surface area contributed by atoms with E-state index in [-0.39, 0.29) is 5.97 Å². The van der Waals surface area contributed by atoms with Crippen LogP contribution in [0.5, 0.6) is 5.75 Å². The normalized spacial score (nSPS) is 25.7. The van der Waals surface area contributed by atoms with E-state index in [0.717, 1.165) is 23.3 Å². The first kappa shape index (κ1) is 12.9. The Bertz CT molecular complexity index is 467. The second kappa shape index (κ2) is 4.63. The number of hydrogen-bond donors (Lipinski definition) is 0. The molecule has 3 heteroatoms. The SMILES string of the molecule is CCOc1ccc(C2(C(=O)OC)CC2C)cc1C. The van der Waals surface area contributed by atoms with Crippen LogP contribution in [0.2, 0.25) is 0 Å². The average Bonchev–Trinajstić information content (AvgIpc) is 3.04. The molecule has 0 aromatic heterocycles. The van der Waals surface area contributed by atoms with E-state index in [4.69, 9.17) is 9.47 Å². The Labute approximate surface area is 108 Å². The van der Waals surface area contributed by atoms with Gasteiger partial charge in [0.25, 0.3) is 0 Å². The summed E-state index contributed by atoms with van der Waals surface area (Å²) in [4.78, 5) is 12.0. The number of methoxy groups -OCH3 is 1. The molecule has 2 unspecified atom stereocenters. The summed E-state index contributed by atoms with van der Waals surface area (Å²) in [7, 11) is 1.45. The molecule has 1 aliphatic carbocycles. The minimum atomic E-state index is -0.426. The summed E-state index contributed by atoms with van der Waals surface area (Å²) in [6, 6.07) is 5.98. The molecule has 0 spiro atoms. The molecule has 1 fully saturated rings. The summed E-state index contributed by atoms with van der Waals surface area (Å²) >= 11 is 0. The van der Waals surface area contributed by atoms with Gasteiger partial charge in [0.1, 0.15) is 5.75 Å². The molecule has 0 radical (unpaired) electrons. The Morgan fingerprint density at radius 2 is 2.17 bits per heavy atom. The minimum Gasteiger partial charge on any atom is -0.494 e. The van der Waals surface area contributed by atoms with E-state index in [1.54, 1.807) is 0 Å². The number of carbonyl (C=O) groups is 1. The lowest BCUT2D eigenvalue weighted by molar-refractivity contribution is -0.144. The number of hydrogen-bond acceptors (Lipinski definition) is 3. The molecule has 0 aliphatic heterocycles. The highest BCUT2D eigenvalue weighted by atomic mass is 16.5. The van der Waals surface area contributed by atoms with Gasteiger partial charge in [-0.2, -0.15) is 0 Å². The molecular formula is C15H20O3. The van der Waals surface area contributed by atoms with Gasteiger partial charge in [-0.3, -0.25) is 4.79 Å². The van der Waals surface area contributed by atoms with Gasteiger partial charge in [0.2, 0.25) is 0 Å². The second-order valence-electron chi connectivity index (χ2n) is 4.98. The van der Waals surface area contributed by atoms with Crippen LogP contribution in [-0.2, 0) is 14.9 Å². The number of carbonyl (C=O) groups excluding carboxylic acids is 1. The van der Waals surface area contributed by atoms with Crippen LogP contribution in [0.15, 0.2) is 18.2 Å². The summed E-state index contributed by atoms with van der Waals surface area (Å²) in [5, 5.41) is 0. The van der Waals surface area contributed by atoms with Crippen LogP contribution in [0.25, 0.3) is 0 Å². The lowest BCUT2D eigenvalue weighted by Gasteiger charge is -2.16. The van der Waals surface area contributed by atoms with Gasteiger partial charge in [-0.05, 0) is 43.4 Å². The third kappa shape index (κ3) is 1.88. The van der Waals surface area contributed by atoms with Crippen LogP contribution >= 0.6 is 0 Å². The first-order valence-corrected chi connectivity index (χ1v) is 6.38. The molecule has 1 aromatic rings. The number of esters is 1. The van der Waals surface area contributed by atoms with Crippen LogP contribution < -0.4 is 4.74 Å². The maximum Gasteiger partial charge on any atom is 0.316 e. The number of ether oxygens (including phenoxy) is 2. The molecule has 1 aliphatic rings. The van der Waals surface area contributed by atoms with Crippen molar-refractivity contribution in [1.82, 2.24) is 0 Å². The monoisotopic (exact) mass is 248 g/mol. The molecule has 0 N–H and O–H groups in total. The summed E-state index contributed by atoms with van der Waals surface area (Å²) in [5.41, 5.74) is 1.68. The fourth-order valence-corrected chi connectivity index (χ4v) is 2.66. The Morgan fingerprint density at radius 1 is 1.50 bits per heavy atom. The molecule has 1 saturated carbocycles. The lowest BCUT2D eigenvalue weighted by Crippen LogP contribution is -2.24. The molecule has 1 aromatic carbocycles. The zero-order chi connectivity index (χ0) is 13.3. The van der Waals surface area contributed by atoms with Crippen molar-refractivity contribution in [2.75, 3.05) is 13.7 Å². The molecule has 0 bridgehead atoms. The highest BCUT2D eigenvalue weighted by molar-refractivity contribution is 5.87. The van der Waals surface area contributed by atoms with Gasteiger partial charge in [-0.25, -0.2) is 0 Å². The molecule has 98 valence electrons. The fraction of sp³-hybridized carbons (Fsp3) is 0.533. The van der Waals surface area contributed by atoms with Gasteiger partial charge in [-0.15, -0.1) is 0 Å². The minimum absolute atomic E-state index is 0.126. The third-order valence-corrected chi connectivity index (χ3v) is 3.85. The van der Waals surface area contributed by atoms with Crippen molar-refractivity contribution in [1.29, 1.82) is 0 Å². The van der Waals surface area contributed by atoms with Crippen molar-refractivity contribution in [3.05, 3.63) is 29.3 Å². The van der Waals surface area contributed by atoms with E-state index in [2.05, 4.69) is 6.92 Å². The first-order chi connectivity index (χ1) is 8.56. The van der Waals surface area contributed by atoms with Gasteiger partial charge in [0.05, 0.1) is 19.1 Å². The van der Waals surface area contributed by atoms with Gasteiger partial charge < -0.3 is 9.47 Å². The Morgan fingerprint density at radius 3 is 2.61 bits per heavy atom. The molecule has 18 heavy (non-hydrogen) atoms. The van der Waals surface area contributed by atoms with Crippen LogP contribution in [0.4, 0.5) is 0 Å². The highest BCUT2D eigenvalue weighted by Gasteiger charge is 2.59. The van der Waals surface area contributed by atoms with E-state index >= 15 is 0 Å². The van der Waals surface area contributed by atoms with Crippen molar-refractivity contribution < 1.29 is 14.3 Å². The van der Waals surface area contributed by atoms with Crippen LogP contribution in [-0.4, -0.2) is 19.7 Å². The van der Waals surface area contributed by atoms with E-state index in [9.17, 15) is 4.79 Å².